The Kier molecular flexibility index (Phi) is 6.27. The van der Waals surface area contributed by atoms with Crippen LogP contribution in [-0.2, 0) is 17.8 Å². The van der Waals surface area contributed by atoms with Crippen LogP contribution in [0.25, 0.3) is 16.8 Å². The van der Waals surface area contributed by atoms with E-state index in [9.17, 15) is 9.18 Å². The Bertz CT molecular complexity index is 1430. The van der Waals surface area contributed by atoms with Gasteiger partial charge in [-0.2, -0.15) is 5.10 Å². The molecule has 36 heavy (non-hydrogen) atoms. The molecule has 1 aliphatic carbocycles. The fourth-order valence-corrected chi connectivity index (χ4v) is 4.74. The van der Waals surface area contributed by atoms with E-state index in [-0.39, 0.29) is 30.5 Å². The first-order valence-corrected chi connectivity index (χ1v) is 11.3. The first-order valence-electron chi connectivity index (χ1n) is 11.3. The van der Waals surface area contributed by atoms with Crippen molar-refractivity contribution < 1.29 is 28.1 Å². The van der Waals surface area contributed by atoms with Crippen LogP contribution in [0.2, 0.25) is 0 Å². The summed E-state index contributed by atoms with van der Waals surface area (Å²) in [6.07, 6.45) is 0.742. The van der Waals surface area contributed by atoms with Gasteiger partial charge in [0.1, 0.15) is 5.82 Å². The Labute approximate surface area is 206 Å². The van der Waals surface area contributed by atoms with Gasteiger partial charge in [0.2, 0.25) is 5.75 Å². The Balaban J connectivity index is 1.65. The first kappa shape index (κ1) is 23.7. The second kappa shape index (κ2) is 9.54. The van der Waals surface area contributed by atoms with Crippen molar-refractivity contribution in [2.24, 2.45) is 0 Å². The topological polar surface area (TPSA) is 97.1 Å². The van der Waals surface area contributed by atoms with Crippen molar-refractivity contribution in [3.8, 4) is 28.4 Å². The molecular weight excluding hydrogens is 467 g/mol. The number of hydrogen-bond donors (Lipinski definition) is 0. The minimum absolute atomic E-state index is 0.128. The van der Waals surface area contributed by atoms with Gasteiger partial charge in [0.25, 0.3) is 0 Å². The number of fused-ring (bicyclic) bond motifs is 3. The number of halogens is 1. The lowest BCUT2D eigenvalue weighted by Crippen LogP contribution is -2.24. The second-order valence-electron chi connectivity index (χ2n) is 8.48. The van der Waals surface area contributed by atoms with Gasteiger partial charge >= 0.3 is 0 Å². The molecule has 2 heterocycles. The standard InChI is InChI=1S/C26H25FN4O5/c1-33-13-18-23(14-5-7-17(27)8-6-14)26-29-28-24-19(31(26)30-18)9-15(10-20(24)32)16-11-21(34-2)25(36-4)22(12-16)35-3/h5-8,11-12,15H,9-10,13H2,1-4H3/t15-/m0/s1. The Morgan fingerprint density at radius 2 is 1.67 bits per heavy atom. The predicted octanol–water partition coefficient (Wildman–Crippen LogP) is 4.02. The van der Waals surface area contributed by atoms with Gasteiger partial charge in [-0.1, -0.05) is 12.1 Å². The molecule has 0 amide bonds. The van der Waals surface area contributed by atoms with Crippen LogP contribution in [0, 0.1) is 5.82 Å². The number of aromatic nitrogens is 4. The van der Waals surface area contributed by atoms with E-state index in [1.54, 1.807) is 45.1 Å². The highest BCUT2D eigenvalue weighted by molar-refractivity contribution is 5.97. The first-order chi connectivity index (χ1) is 17.5. The van der Waals surface area contributed by atoms with E-state index in [2.05, 4.69) is 10.2 Å². The third kappa shape index (κ3) is 3.93. The van der Waals surface area contributed by atoms with Crippen molar-refractivity contribution in [1.82, 2.24) is 19.8 Å². The quantitative estimate of drug-likeness (QED) is 0.382. The molecule has 5 rings (SSSR count). The smallest absolute Gasteiger partial charge is 0.203 e. The second-order valence-corrected chi connectivity index (χ2v) is 8.48. The fourth-order valence-electron chi connectivity index (χ4n) is 4.74. The number of carbonyl (C=O) groups is 1. The molecule has 186 valence electrons. The van der Waals surface area contributed by atoms with Crippen LogP contribution in [0.5, 0.6) is 17.2 Å². The van der Waals surface area contributed by atoms with Gasteiger partial charge in [0.15, 0.2) is 28.6 Å². The summed E-state index contributed by atoms with van der Waals surface area (Å²) in [4.78, 5) is 13.2. The van der Waals surface area contributed by atoms with Crippen LogP contribution in [-0.4, -0.2) is 54.0 Å². The summed E-state index contributed by atoms with van der Waals surface area (Å²) in [7, 11) is 6.23. The number of benzene rings is 2. The third-order valence-corrected chi connectivity index (χ3v) is 6.42. The summed E-state index contributed by atoms with van der Waals surface area (Å²) in [5, 5.41) is 13.4. The molecule has 0 fully saturated rings. The van der Waals surface area contributed by atoms with Gasteiger partial charge in [0.05, 0.1) is 44.9 Å². The van der Waals surface area contributed by atoms with Crippen molar-refractivity contribution in [3.05, 3.63) is 64.9 Å². The molecule has 1 aliphatic rings. The highest BCUT2D eigenvalue weighted by Crippen LogP contribution is 2.43. The van der Waals surface area contributed by atoms with Crippen molar-refractivity contribution in [1.29, 1.82) is 0 Å². The van der Waals surface area contributed by atoms with Gasteiger partial charge in [0, 0.05) is 13.5 Å². The average molecular weight is 493 g/mol. The highest BCUT2D eigenvalue weighted by Gasteiger charge is 2.33. The molecule has 0 saturated heterocycles. The molecule has 0 saturated carbocycles. The molecule has 2 aromatic heterocycles. The summed E-state index contributed by atoms with van der Waals surface area (Å²) in [6.45, 7) is 0.217. The number of nitrogens with zero attached hydrogens (tertiary/aromatic N) is 4. The molecule has 4 aromatic rings. The lowest BCUT2D eigenvalue weighted by atomic mass is 9.83. The van der Waals surface area contributed by atoms with Crippen molar-refractivity contribution in [2.75, 3.05) is 28.4 Å². The number of hydrogen-bond acceptors (Lipinski definition) is 8. The summed E-state index contributed by atoms with van der Waals surface area (Å²) < 4.78 is 37.1. The minimum atomic E-state index is -0.342. The predicted molar refractivity (Wildman–Crippen MR) is 128 cm³/mol. The van der Waals surface area contributed by atoms with Crippen LogP contribution >= 0.6 is 0 Å². The number of methoxy groups -OCH3 is 4. The lowest BCUT2D eigenvalue weighted by molar-refractivity contribution is 0.0955. The van der Waals surface area contributed by atoms with Crippen molar-refractivity contribution in [3.63, 3.8) is 0 Å². The van der Waals surface area contributed by atoms with E-state index in [1.807, 2.05) is 12.1 Å². The van der Waals surface area contributed by atoms with Crippen LogP contribution in [0.3, 0.4) is 0 Å². The monoisotopic (exact) mass is 492 g/mol. The summed E-state index contributed by atoms with van der Waals surface area (Å²) in [5.41, 5.74) is 4.34. The average Bonchev–Trinajstić information content (AvgIpc) is 3.26. The molecule has 0 N–H and O–H groups in total. The fraction of sp³-hybridized carbons (Fsp3) is 0.308. The zero-order valence-electron chi connectivity index (χ0n) is 20.4. The normalized spacial score (nSPS) is 15.1. The molecule has 10 heteroatoms. The third-order valence-electron chi connectivity index (χ3n) is 6.42. The lowest BCUT2D eigenvalue weighted by Gasteiger charge is -2.24. The SMILES string of the molecule is COCc1nn2c3c(nnc2c1-c1ccc(F)cc1)C(=O)C[C@@H](c1cc(OC)c(OC)c(OC)c1)C3. The largest absolute Gasteiger partial charge is 0.493 e. The van der Waals surface area contributed by atoms with Crippen LogP contribution in [0.15, 0.2) is 36.4 Å². The molecule has 0 bridgehead atoms. The number of ether oxygens (including phenoxy) is 4. The Hall–Kier alpha value is -4.05. The van der Waals surface area contributed by atoms with Gasteiger partial charge in [-0.15, -0.1) is 10.2 Å². The molecule has 0 radical (unpaired) electrons. The van der Waals surface area contributed by atoms with E-state index in [1.165, 1.54) is 12.1 Å². The summed E-state index contributed by atoms with van der Waals surface area (Å²) in [6, 6.07) is 9.81. The molecule has 1 atom stereocenters. The molecule has 9 nitrogen and oxygen atoms in total. The minimum Gasteiger partial charge on any atom is -0.493 e. The maximum atomic E-state index is 13.6. The van der Waals surface area contributed by atoms with Crippen LogP contribution in [0.1, 0.15) is 39.8 Å². The van der Waals surface area contributed by atoms with E-state index >= 15 is 0 Å². The molecule has 0 aliphatic heterocycles. The van der Waals surface area contributed by atoms with Gasteiger partial charge in [-0.3, -0.25) is 4.79 Å². The van der Waals surface area contributed by atoms with Gasteiger partial charge in [-0.05, 0) is 47.7 Å². The van der Waals surface area contributed by atoms with Gasteiger partial charge < -0.3 is 18.9 Å². The maximum Gasteiger partial charge on any atom is 0.203 e. The van der Waals surface area contributed by atoms with Crippen LogP contribution in [0.4, 0.5) is 4.39 Å². The number of Topliss-reactive ketones (excluding diaryl/α,β-unsaturated/α-hetero) is 1. The maximum absolute atomic E-state index is 13.6. The number of rotatable bonds is 7. The Morgan fingerprint density at radius 3 is 2.28 bits per heavy atom. The summed E-state index contributed by atoms with van der Waals surface area (Å²) >= 11 is 0. The van der Waals surface area contributed by atoms with E-state index in [4.69, 9.17) is 24.0 Å². The van der Waals surface area contributed by atoms with E-state index in [0.29, 0.717) is 52.0 Å². The molecule has 0 spiro atoms. The van der Waals surface area contributed by atoms with Gasteiger partial charge in [-0.25, -0.2) is 8.91 Å². The molecular formula is C26H25FN4O5. The van der Waals surface area contributed by atoms with Crippen molar-refractivity contribution >= 4 is 11.4 Å². The molecule has 0 unspecified atom stereocenters. The summed E-state index contributed by atoms with van der Waals surface area (Å²) in [5.74, 6) is 0.879. The number of carbonyl (C=O) groups excluding carboxylic acids is 1. The van der Waals surface area contributed by atoms with E-state index in [0.717, 1.165) is 11.1 Å². The van der Waals surface area contributed by atoms with Crippen LogP contribution < -0.4 is 14.2 Å². The number of ketones is 1. The highest BCUT2D eigenvalue weighted by atomic mass is 19.1. The zero-order valence-corrected chi connectivity index (χ0v) is 20.4. The molecule has 2 aromatic carbocycles. The van der Waals surface area contributed by atoms with E-state index < -0.39 is 0 Å². The zero-order chi connectivity index (χ0) is 25.4. The Morgan fingerprint density at radius 1 is 0.972 bits per heavy atom. The van der Waals surface area contributed by atoms with Crippen molar-refractivity contribution in [2.45, 2.75) is 25.4 Å².